The molecule has 0 aromatic heterocycles. The van der Waals surface area contributed by atoms with Crippen LogP contribution in [-0.2, 0) is 4.79 Å². The number of para-hydroxylation sites is 2. The molecule has 4 heteroatoms. The van der Waals surface area contributed by atoms with Gasteiger partial charge in [0, 0.05) is 12.3 Å². The van der Waals surface area contributed by atoms with Crippen molar-refractivity contribution in [2.75, 3.05) is 35.3 Å². The highest BCUT2D eigenvalue weighted by molar-refractivity contribution is 7.98. The second-order valence-electron chi connectivity index (χ2n) is 3.41. The van der Waals surface area contributed by atoms with E-state index in [1.807, 2.05) is 29.2 Å². The van der Waals surface area contributed by atoms with Crippen LogP contribution in [0.25, 0.3) is 0 Å². The molecule has 3 nitrogen and oxygen atoms in total. The van der Waals surface area contributed by atoms with Crippen LogP contribution >= 0.6 is 11.8 Å². The topological polar surface area (TPSA) is 32.3 Å². The fraction of sp³-hybridized carbons (Fsp3) is 0.364. The summed E-state index contributed by atoms with van der Waals surface area (Å²) in [4.78, 5) is 13.6. The van der Waals surface area contributed by atoms with Gasteiger partial charge in [0.25, 0.3) is 0 Å². The molecule has 0 fully saturated rings. The van der Waals surface area contributed by atoms with Gasteiger partial charge in [-0.05, 0) is 18.4 Å². The van der Waals surface area contributed by atoms with Gasteiger partial charge in [-0.25, -0.2) is 0 Å². The van der Waals surface area contributed by atoms with Gasteiger partial charge in [0.15, 0.2) is 0 Å². The van der Waals surface area contributed by atoms with Crippen molar-refractivity contribution in [1.82, 2.24) is 0 Å². The first kappa shape index (κ1) is 10.4. The third kappa shape index (κ3) is 2.09. The molecular weight excluding hydrogens is 208 g/mol. The molecule has 1 aliphatic heterocycles. The average Bonchev–Trinajstić information content (AvgIpc) is 2.28. The van der Waals surface area contributed by atoms with Crippen molar-refractivity contribution in [3.8, 4) is 0 Å². The number of amides is 1. The lowest BCUT2D eigenvalue weighted by Gasteiger charge is -2.29. The Balaban J connectivity index is 2.25. The van der Waals surface area contributed by atoms with Crippen molar-refractivity contribution in [3.05, 3.63) is 24.3 Å². The molecular formula is C11H14N2OS. The molecule has 0 saturated heterocycles. The number of nitrogens with zero attached hydrogens (tertiary/aromatic N) is 1. The van der Waals surface area contributed by atoms with Crippen LogP contribution in [0.5, 0.6) is 0 Å². The van der Waals surface area contributed by atoms with Crippen LogP contribution < -0.4 is 10.2 Å². The van der Waals surface area contributed by atoms with Gasteiger partial charge < -0.3 is 10.2 Å². The number of fused-ring (bicyclic) bond motifs is 1. The molecule has 1 N–H and O–H groups in total. The molecule has 0 bridgehead atoms. The molecule has 0 spiro atoms. The van der Waals surface area contributed by atoms with Gasteiger partial charge in [-0.15, -0.1) is 0 Å². The van der Waals surface area contributed by atoms with E-state index in [2.05, 4.69) is 11.6 Å². The Morgan fingerprint density at radius 3 is 3.07 bits per heavy atom. The van der Waals surface area contributed by atoms with Gasteiger partial charge in [0.05, 0.1) is 17.9 Å². The van der Waals surface area contributed by atoms with Crippen molar-refractivity contribution < 1.29 is 4.79 Å². The first-order valence-electron chi connectivity index (χ1n) is 4.95. The van der Waals surface area contributed by atoms with Crippen LogP contribution in [-0.4, -0.2) is 31.0 Å². The average molecular weight is 222 g/mol. The molecule has 1 aliphatic rings. The maximum Gasteiger partial charge on any atom is 0.246 e. The molecule has 0 radical (unpaired) electrons. The van der Waals surface area contributed by atoms with E-state index in [1.54, 1.807) is 11.8 Å². The summed E-state index contributed by atoms with van der Waals surface area (Å²) in [7, 11) is 0. The number of nitrogens with one attached hydrogen (secondary N) is 1. The molecule has 1 heterocycles. The number of rotatable bonds is 3. The van der Waals surface area contributed by atoms with E-state index in [1.165, 1.54) is 0 Å². The minimum Gasteiger partial charge on any atom is -0.374 e. The Hall–Kier alpha value is -1.16. The predicted molar refractivity (Wildman–Crippen MR) is 65.7 cm³/mol. The number of anilines is 2. The fourth-order valence-corrected chi connectivity index (χ4v) is 2.05. The molecule has 1 amide bonds. The highest BCUT2D eigenvalue weighted by Crippen LogP contribution is 2.28. The number of thioether (sulfide) groups is 1. The second-order valence-corrected chi connectivity index (χ2v) is 4.39. The quantitative estimate of drug-likeness (QED) is 0.846. The summed E-state index contributed by atoms with van der Waals surface area (Å²) in [5, 5.41) is 3.12. The summed E-state index contributed by atoms with van der Waals surface area (Å²) in [5.41, 5.74) is 2.06. The van der Waals surface area contributed by atoms with Crippen LogP contribution in [0.2, 0.25) is 0 Å². The van der Waals surface area contributed by atoms with Gasteiger partial charge >= 0.3 is 0 Å². The SMILES string of the molecule is CSCCN1C(=O)CNc2ccccc21. The van der Waals surface area contributed by atoms with Crippen molar-refractivity contribution in [2.45, 2.75) is 0 Å². The number of hydrogen-bond donors (Lipinski definition) is 1. The maximum absolute atomic E-state index is 11.7. The van der Waals surface area contributed by atoms with Crippen LogP contribution in [0.4, 0.5) is 11.4 Å². The summed E-state index contributed by atoms with van der Waals surface area (Å²) in [6, 6.07) is 7.94. The van der Waals surface area contributed by atoms with Crippen molar-refractivity contribution in [2.24, 2.45) is 0 Å². The summed E-state index contributed by atoms with van der Waals surface area (Å²) >= 11 is 1.76. The zero-order chi connectivity index (χ0) is 10.7. The summed E-state index contributed by atoms with van der Waals surface area (Å²) in [6.45, 7) is 1.20. The van der Waals surface area contributed by atoms with E-state index in [9.17, 15) is 4.79 Å². The van der Waals surface area contributed by atoms with Crippen molar-refractivity contribution >= 4 is 29.0 Å². The third-order valence-electron chi connectivity index (χ3n) is 2.44. The normalized spacial score (nSPS) is 14.7. The lowest BCUT2D eigenvalue weighted by molar-refractivity contribution is -0.117. The third-order valence-corrected chi connectivity index (χ3v) is 3.04. The Morgan fingerprint density at radius 1 is 1.47 bits per heavy atom. The monoisotopic (exact) mass is 222 g/mol. The standard InChI is InChI=1S/C11H14N2OS/c1-15-7-6-13-10-5-3-2-4-9(10)12-8-11(13)14/h2-5,12H,6-8H2,1H3. The molecule has 80 valence electrons. The van der Waals surface area contributed by atoms with Gasteiger partial charge in [0.2, 0.25) is 5.91 Å². The predicted octanol–water partition coefficient (Wildman–Crippen LogP) is 1.81. The Labute approximate surface area is 93.8 Å². The largest absolute Gasteiger partial charge is 0.374 e. The molecule has 0 unspecified atom stereocenters. The number of hydrogen-bond acceptors (Lipinski definition) is 3. The summed E-state index contributed by atoms with van der Waals surface area (Å²) in [5.74, 6) is 1.13. The van der Waals surface area contributed by atoms with E-state index in [-0.39, 0.29) is 5.91 Å². The minimum absolute atomic E-state index is 0.155. The Morgan fingerprint density at radius 2 is 2.27 bits per heavy atom. The number of benzene rings is 1. The molecule has 1 aromatic rings. The van der Waals surface area contributed by atoms with E-state index in [0.717, 1.165) is 23.7 Å². The highest BCUT2D eigenvalue weighted by atomic mass is 32.2. The minimum atomic E-state index is 0.155. The molecule has 0 saturated carbocycles. The highest BCUT2D eigenvalue weighted by Gasteiger charge is 2.22. The first-order valence-corrected chi connectivity index (χ1v) is 6.34. The lowest BCUT2D eigenvalue weighted by Crippen LogP contribution is -2.41. The number of carbonyl (C=O) groups is 1. The zero-order valence-electron chi connectivity index (χ0n) is 8.69. The smallest absolute Gasteiger partial charge is 0.246 e. The summed E-state index contributed by atoms with van der Waals surface area (Å²) < 4.78 is 0. The van der Waals surface area contributed by atoms with Crippen LogP contribution in [0.1, 0.15) is 0 Å². The van der Waals surface area contributed by atoms with E-state index in [0.29, 0.717) is 6.54 Å². The molecule has 2 rings (SSSR count). The Kier molecular flexibility index (Phi) is 3.16. The van der Waals surface area contributed by atoms with Crippen LogP contribution in [0.15, 0.2) is 24.3 Å². The second kappa shape index (κ2) is 4.57. The molecule has 0 atom stereocenters. The zero-order valence-corrected chi connectivity index (χ0v) is 9.51. The van der Waals surface area contributed by atoms with E-state index < -0.39 is 0 Å². The lowest BCUT2D eigenvalue weighted by atomic mass is 10.2. The number of carbonyl (C=O) groups excluding carboxylic acids is 1. The van der Waals surface area contributed by atoms with E-state index >= 15 is 0 Å². The first-order chi connectivity index (χ1) is 7.33. The van der Waals surface area contributed by atoms with Crippen LogP contribution in [0, 0.1) is 0 Å². The maximum atomic E-state index is 11.7. The van der Waals surface area contributed by atoms with Gasteiger partial charge in [-0.2, -0.15) is 11.8 Å². The molecule has 0 aliphatic carbocycles. The van der Waals surface area contributed by atoms with Gasteiger partial charge in [0.1, 0.15) is 0 Å². The van der Waals surface area contributed by atoms with Crippen molar-refractivity contribution in [1.29, 1.82) is 0 Å². The fourth-order valence-electron chi connectivity index (χ4n) is 1.69. The van der Waals surface area contributed by atoms with Gasteiger partial charge in [-0.1, -0.05) is 12.1 Å². The summed E-state index contributed by atoms with van der Waals surface area (Å²) in [6.07, 6.45) is 2.05. The van der Waals surface area contributed by atoms with Gasteiger partial charge in [-0.3, -0.25) is 4.79 Å². The molecule has 1 aromatic carbocycles. The van der Waals surface area contributed by atoms with E-state index in [4.69, 9.17) is 0 Å². The van der Waals surface area contributed by atoms with Crippen LogP contribution in [0.3, 0.4) is 0 Å². The Bertz CT molecular complexity index is 367. The van der Waals surface area contributed by atoms with Crippen molar-refractivity contribution in [3.63, 3.8) is 0 Å². The molecule has 15 heavy (non-hydrogen) atoms.